The largest absolute Gasteiger partial charge is 0.457 e. The lowest BCUT2D eigenvalue weighted by Crippen LogP contribution is -2.69. The summed E-state index contributed by atoms with van der Waals surface area (Å²) in [5, 5.41) is 1.90. The molecule has 0 atom stereocenters. The van der Waals surface area contributed by atoms with E-state index in [-0.39, 0.29) is 0 Å². The number of para-hydroxylation sites is 4. The first kappa shape index (κ1) is 27.1. The molecule has 4 nitrogen and oxygen atoms in total. The van der Waals surface area contributed by atoms with Gasteiger partial charge in [-0.3, -0.25) is 0 Å². The third-order valence-electron chi connectivity index (χ3n) is 5.33. The Balaban J connectivity index is 1.97. The molecule has 0 heterocycles. The van der Waals surface area contributed by atoms with Crippen LogP contribution in [0.3, 0.4) is 0 Å². The lowest BCUT2D eigenvalue weighted by atomic mass is 10.3. The SMILES string of the molecule is C[Si](C)(C)O[Si](O[Si](C)(C)C)(c1ccccc1Oc1ccccc1)c1ccccc1Oc1ccccc1. The Kier molecular flexibility index (Phi) is 8.20. The van der Waals surface area contributed by atoms with Crippen molar-refractivity contribution in [3.63, 3.8) is 0 Å². The number of benzene rings is 4. The third-order valence-corrected chi connectivity index (χ3v) is 14.8. The Labute approximate surface area is 224 Å². The second-order valence-corrected chi connectivity index (χ2v) is 23.3. The zero-order valence-electron chi connectivity index (χ0n) is 22.5. The van der Waals surface area contributed by atoms with Crippen LogP contribution in [0, 0.1) is 0 Å². The van der Waals surface area contributed by atoms with Crippen LogP contribution in [0.5, 0.6) is 23.0 Å². The molecule has 0 aromatic heterocycles. The zero-order valence-corrected chi connectivity index (χ0v) is 25.5. The van der Waals surface area contributed by atoms with Gasteiger partial charge in [0.25, 0.3) is 0 Å². The topological polar surface area (TPSA) is 36.9 Å². The monoisotopic (exact) mass is 544 g/mol. The number of rotatable bonds is 10. The van der Waals surface area contributed by atoms with Crippen LogP contribution in [-0.2, 0) is 8.23 Å². The molecule has 0 spiro atoms. The van der Waals surface area contributed by atoms with Crippen LogP contribution in [0.25, 0.3) is 0 Å². The number of ether oxygens (including phenoxy) is 2. The van der Waals surface area contributed by atoms with E-state index in [1.165, 1.54) is 0 Å². The first-order valence-electron chi connectivity index (χ1n) is 12.6. The molecule has 0 aliphatic carbocycles. The van der Waals surface area contributed by atoms with Crippen LogP contribution >= 0.6 is 0 Å². The molecule has 4 aromatic carbocycles. The minimum Gasteiger partial charge on any atom is -0.457 e. The fourth-order valence-corrected chi connectivity index (χ4v) is 15.2. The van der Waals surface area contributed by atoms with Crippen molar-refractivity contribution in [2.24, 2.45) is 0 Å². The average Bonchev–Trinajstić information content (AvgIpc) is 2.84. The highest BCUT2D eigenvalue weighted by Crippen LogP contribution is 2.31. The highest BCUT2D eigenvalue weighted by molar-refractivity contribution is 7.03. The second-order valence-electron chi connectivity index (χ2n) is 10.9. The molecule has 0 unspecified atom stereocenters. The summed E-state index contributed by atoms with van der Waals surface area (Å²) in [6.45, 7) is 13.3. The lowest BCUT2D eigenvalue weighted by molar-refractivity contribution is 0.405. The molecule has 0 radical (unpaired) electrons. The van der Waals surface area contributed by atoms with Gasteiger partial charge in [-0.2, -0.15) is 0 Å². The third kappa shape index (κ3) is 7.09. The molecule has 37 heavy (non-hydrogen) atoms. The maximum atomic E-state index is 7.26. The Bertz CT molecular complexity index is 1200. The summed E-state index contributed by atoms with van der Waals surface area (Å²) in [5.41, 5.74) is 0. The van der Waals surface area contributed by atoms with Crippen molar-refractivity contribution in [3.8, 4) is 23.0 Å². The quantitative estimate of drug-likeness (QED) is 0.193. The fraction of sp³-hybridized carbons (Fsp3) is 0.200. The van der Waals surface area contributed by atoms with Crippen molar-refractivity contribution in [1.82, 2.24) is 0 Å². The normalized spacial score (nSPS) is 12.3. The second kappa shape index (κ2) is 11.2. The van der Waals surface area contributed by atoms with E-state index in [2.05, 4.69) is 51.4 Å². The molecular formula is C30H36O4Si3. The van der Waals surface area contributed by atoms with E-state index in [9.17, 15) is 0 Å². The zero-order chi connectivity index (χ0) is 26.5. The number of hydrogen-bond donors (Lipinski definition) is 0. The minimum absolute atomic E-state index is 0.742. The predicted octanol–water partition coefficient (Wildman–Crippen LogP) is 7.53. The lowest BCUT2D eigenvalue weighted by Gasteiger charge is -2.42. The first-order chi connectivity index (χ1) is 17.6. The van der Waals surface area contributed by atoms with E-state index >= 15 is 0 Å². The summed E-state index contributed by atoms with van der Waals surface area (Å²) in [5.74, 6) is 3.03. The van der Waals surface area contributed by atoms with Crippen LogP contribution in [0.4, 0.5) is 0 Å². The molecule has 7 heteroatoms. The van der Waals surface area contributed by atoms with Crippen molar-refractivity contribution < 1.29 is 17.7 Å². The molecule has 0 amide bonds. The molecule has 0 N–H and O–H groups in total. The van der Waals surface area contributed by atoms with Crippen LogP contribution < -0.4 is 19.8 Å². The molecule has 0 aliphatic heterocycles. The van der Waals surface area contributed by atoms with Gasteiger partial charge in [0.2, 0.25) is 0 Å². The van der Waals surface area contributed by atoms with Crippen LogP contribution in [0.1, 0.15) is 0 Å². The van der Waals surface area contributed by atoms with Gasteiger partial charge >= 0.3 is 8.56 Å². The summed E-state index contributed by atoms with van der Waals surface area (Å²) in [7, 11) is -7.62. The van der Waals surface area contributed by atoms with E-state index in [1.54, 1.807) is 0 Å². The van der Waals surface area contributed by atoms with Gasteiger partial charge in [-0.15, -0.1) is 0 Å². The van der Waals surface area contributed by atoms with E-state index in [0.717, 1.165) is 33.4 Å². The van der Waals surface area contributed by atoms with Gasteiger partial charge in [0.15, 0.2) is 16.6 Å². The van der Waals surface area contributed by atoms with Gasteiger partial charge in [-0.1, -0.05) is 72.8 Å². The highest BCUT2D eigenvalue weighted by atomic mass is 28.5. The summed E-state index contributed by atoms with van der Waals surface area (Å²) in [4.78, 5) is 0. The molecule has 0 bridgehead atoms. The van der Waals surface area contributed by atoms with E-state index in [0.29, 0.717) is 0 Å². The molecule has 4 rings (SSSR count). The fourth-order valence-electron chi connectivity index (χ4n) is 4.13. The van der Waals surface area contributed by atoms with Gasteiger partial charge in [-0.25, -0.2) is 0 Å². The summed E-state index contributed by atoms with van der Waals surface area (Å²) in [6, 6.07) is 36.0. The Morgan fingerprint density at radius 1 is 0.405 bits per heavy atom. The van der Waals surface area contributed by atoms with Crippen LogP contribution in [0.2, 0.25) is 39.3 Å². The first-order valence-corrected chi connectivity index (χ1v) is 21.2. The molecule has 0 saturated carbocycles. The Hall–Kier alpha value is -2.95. The van der Waals surface area contributed by atoms with Crippen molar-refractivity contribution in [2.75, 3.05) is 0 Å². The van der Waals surface area contributed by atoms with Crippen LogP contribution in [-0.4, -0.2) is 25.2 Å². The Morgan fingerprint density at radius 2 is 0.730 bits per heavy atom. The molecule has 192 valence electrons. The highest BCUT2D eigenvalue weighted by Gasteiger charge is 2.52. The predicted molar refractivity (Wildman–Crippen MR) is 160 cm³/mol. The average molecular weight is 545 g/mol. The minimum atomic E-state index is -3.34. The van der Waals surface area contributed by atoms with E-state index in [4.69, 9.17) is 17.7 Å². The molecule has 0 aliphatic rings. The van der Waals surface area contributed by atoms with Crippen LogP contribution in [0.15, 0.2) is 109 Å². The van der Waals surface area contributed by atoms with Gasteiger partial charge in [0, 0.05) is 10.4 Å². The smallest absolute Gasteiger partial charge is 0.394 e. The Morgan fingerprint density at radius 3 is 1.08 bits per heavy atom. The van der Waals surface area contributed by atoms with Gasteiger partial charge < -0.3 is 17.7 Å². The van der Waals surface area contributed by atoms with Crippen molar-refractivity contribution >= 4 is 35.6 Å². The molecule has 0 fully saturated rings. The molecule has 0 saturated heterocycles. The van der Waals surface area contributed by atoms with Crippen molar-refractivity contribution in [2.45, 2.75) is 39.3 Å². The standard InChI is InChI=1S/C30H36O4Si3/c1-35(2,3)33-37(34-36(4,5)6,29-23-15-13-21-27(29)31-25-17-9-7-10-18-25)30-24-16-14-22-28(30)32-26-19-11-8-12-20-26/h7-24H,1-6H3. The molecule has 4 aromatic rings. The summed E-state index contributed by atoms with van der Waals surface area (Å²) >= 11 is 0. The maximum absolute atomic E-state index is 7.26. The number of hydrogen-bond acceptors (Lipinski definition) is 4. The van der Waals surface area contributed by atoms with Gasteiger partial charge in [-0.05, 0) is 75.7 Å². The van der Waals surface area contributed by atoms with E-state index in [1.807, 2.05) is 97.1 Å². The van der Waals surface area contributed by atoms with Gasteiger partial charge in [0.05, 0.1) is 0 Å². The van der Waals surface area contributed by atoms with Gasteiger partial charge in [0.1, 0.15) is 23.0 Å². The summed E-state index contributed by atoms with van der Waals surface area (Å²) in [6.07, 6.45) is 0. The van der Waals surface area contributed by atoms with E-state index < -0.39 is 25.2 Å². The van der Waals surface area contributed by atoms with Crippen molar-refractivity contribution in [1.29, 1.82) is 0 Å². The molecular weight excluding hydrogens is 509 g/mol. The summed E-state index contributed by atoms with van der Waals surface area (Å²) < 4.78 is 27.5. The van der Waals surface area contributed by atoms with Crippen molar-refractivity contribution in [3.05, 3.63) is 109 Å². The maximum Gasteiger partial charge on any atom is 0.394 e.